The molecular weight excluding hydrogens is 174 g/mol. The average molecular weight is 187 g/mol. The minimum Gasteiger partial charge on any atom is -0.507 e. The second-order valence-corrected chi connectivity index (χ2v) is 3.43. The molecule has 0 aliphatic carbocycles. The van der Waals surface area contributed by atoms with E-state index >= 15 is 0 Å². The highest BCUT2D eigenvalue weighted by atomic mass is 16.3. The monoisotopic (exact) mass is 187 g/mol. The van der Waals surface area contributed by atoms with Gasteiger partial charge in [0, 0.05) is 11.9 Å². The fourth-order valence-corrected chi connectivity index (χ4v) is 1.76. The van der Waals surface area contributed by atoms with Crippen molar-refractivity contribution < 1.29 is 5.11 Å². The number of hydrogen-bond donors (Lipinski definition) is 2. The lowest BCUT2D eigenvalue weighted by atomic mass is 10.00. The van der Waals surface area contributed by atoms with Crippen molar-refractivity contribution in [2.24, 2.45) is 5.73 Å². The summed E-state index contributed by atoms with van der Waals surface area (Å²) >= 11 is 0. The topological polar surface area (TPSA) is 46.2 Å². The first kappa shape index (κ1) is 9.03. The minimum absolute atomic E-state index is 0.328. The molecule has 0 saturated carbocycles. The van der Waals surface area contributed by atoms with E-state index in [4.69, 9.17) is 5.73 Å². The number of benzene rings is 2. The second-order valence-electron chi connectivity index (χ2n) is 3.43. The average Bonchev–Trinajstić information content (AvgIpc) is 2.20. The van der Waals surface area contributed by atoms with E-state index in [1.165, 1.54) is 0 Å². The van der Waals surface area contributed by atoms with Gasteiger partial charge in [0.1, 0.15) is 5.75 Å². The molecule has 0 unspecified atom stereocenters. The van der Waals surface area contributed by atoms with Crippen LogP contribution in [0.15, 0.2) is 30.3 Å². The number of rotatable bonds is 1. The van der Waals surface area contributed by atoms with Gasteiger partial charge in [-0.2, -0.15) is 0 Å². The van der Waals surface area contributed by atoms with Crippen LogP contribution in [0.2, 0.25) is 0 Å². The Bertz CT molecular complexity index is 477. The summed E-state index contributed by atoms with van der Waals surface area (Å²) in [6, 6.07) is 9.44. The van der Waals surface area contributed by atoms with Crippen LogP contribution in [-0.4, -0.2) is 5.11 Å². The Morgan fingerprint density at radius 3 is 2.64 bits per heavy atom. The molecule has 0 aromatic heterocycles. The van der Waals surface area contributed by atoms with Crippen molar-refractivity contribution in [2.75, 3.05) is 0 Å². The van der Waals surface area contributed by atoms with E-state index < -0.39 is 0 Å². The van der Waals surface area contributed by atoms with Crippen LogP contribution < -0.4 is 5.73 Å². The van der Waals surface area contributed by atoms with Gasteiger partial charge in [-0.1, -0.05) is 24.3 Å². The molecule has 0 aliphatic rings. The van der Waals surface area contributed by atoms with Gasteiger partial charge < -0.3 is 10.8 Å². The van der Waals surface area contributed by atoms with E-state index in [0.29, 0.717) is 12.3 Å². The molecule has 72 valence electrons. The number of nitrogens with two attached hydrogens (primary N) is 1. The molecule has 0 bridgehead atoms. The van der Waals surface area contributed by atoms with Gasteiger partial charge in [0.25, 0.3) is 0 Å². The highest BCUT2D eigenvalue weighted by molar-refractivity contribution is 5.91. The normalized spacial score (nSPS) is 10.7. The van der Waals surface area contributed by atoms with Crippen molar-refractivity contribution in [1.82, 2.24) is 0 Å². The Labute approximate surface area is 83.0 Å². The van der Waals surface area contributed by atoms with Crippen molar-refractivity contribution in [2.45, 2.75) is 13.5 Å². The molecule has 2 heteroatoms. The summed E-state index contributed by atoms with van der Waals surface area (Å²) in [6.45, 7) is 2.57. The quantitative estimate of drug-likeness (QED) is 0.719. The van der Waals surface area contributed by atoms with Crippen molar-refractivity contribution in [3.8, 4) is 5.75 Å². The summed E-state index contributed by atoms with van der Waals surface area (Å²) in [5.41, 5.74) is 7.90. The van der Waals surface area contributed by atoms with E-state index in [9.17, 15) is 5.11 Å². The molecule has 2 aromatic carbocycles. The zero-order valence-electron chi connectivity index (χ0n) is 8.12. The Morgan fingerprint density at radius 2 is 1.93 bits per heavy atom. The molecule has 2 rings (SSSR count). The van der Waals surface area contributed by atoms with Gasteiger partial charge in [0.2, 0.25) is 0 Å². The van der Waals surface area contributed by atoms with E-state index in [1.807, 2.05) is 31.2 Å². The zero-order chi connectivity index (χ0) is 10.1. The number of fused-ring (bicyclic) bond motifs is 1. The second kappa shape index (κ2) is 3.31. The van der Waals surface area contributed by atoms with Crippen LogP contribution in [0.4, 0.5) is 0 Å². The summed E-state index contributed by atoms with van der Waals surface area (Å²) in [5, 5.41) is 11.6. The highest BCUT2D eigenvalue weighted by Gasteiger charge is 2.04. The third-order valence-electron chi connectivity index (χ3n) is 2.64. The van der Waals surface area contributed by atoms with Gasteiger partial charge in [0.05, 0.1) is 0 Å². The maximum absolute atomic E-state index is 9.63. The lowest BCUT2D eigenvalue weighted by Gasteiger charge is -2.08. The largest absolute Gasteiger partial charge is 0.507 e. The predicted molar refractivity (Wildman–Crippen MR) is 58.2 cm³/mol. The fourth-order valence-electron chi connectivity index (χ4n) is 1.76. The number of phenols is 1. The van der Waals surface area contributed by atoms with Gasteiger partial charge in [-0.15, -0.1) is 0 Å². The Hall–Kier alpha value is -1.54. The van der Waals surface area contributed by atoms with Crippen molar-refractivity contribution in [3.05, 3.63) is 41.5 Å². The highest BCUT2D eigenvalue weighted by Crippen LogP contribution is 2.28. The third kappa shape index (κ3) is 1.24. The lowest BCUT2D eigenvalue weighted by Crippen LogP contribution is -1.99. The summed E-state index contributed by atoms with van der Waals surface area (Å²) in [5.74, 6) is 0.328. The zero-order valence-corrected chi connectivity index (χ0v) is 8.12. The van der Waals surface area contributed by atoms with E-state index in [-0.39, 0.29) is 0 Å². The van der Waals surface area contributed by atoms with Crippen molar-refractivity contribution in [1.29, 1.82) is 0 Å². The van der Waals surface area contributed by atoms with Crippen molar-refractivity contribution in [3.63, 3.8) is 0 Å². The molecule has 2 aromatic rings. The van der Waals surface area contributed by atoms with Gasteiger partial charge in [-0.05, 0) is 29.5 Å². The lowest BCUT2D eigenvalue weighted by molar-refractivity contribution is 0.481. The van der Waals surface area contributed by atoms with Gasteiger partial charge in [-0.3, -0.25) is 0 Å². The Kier molecular flexibility index (Phi) is 2.14. The Morgan fingerprint density at radius 1 is 1.14 bits per heavy atom. The summed E-state index contributed by atoms with van der Waals surface area (Å²) in [4.78, 5) is 0. The maximum Gasteiger partial charge on any atom is 0.123 e. The van der Waals surface area contributed by atoms with Gasteiger partial charge in [0.15, 0.2) is 0 Å². The molecule has 0 saturated heterocycles. The van der Waals surface area contributed by atoms with Crippen LogP contribution >= 0.6 is 0 Å². The molecule has 0 aliphatic heterocycles. The first-order valence-corrected chi connectivity index (χ1v) is 4.64. The van der Waals surface area contributed by atoms with Crippen LogP contribution in [0, 0.1) is 6.92 Å². The van der Waals surface area contributed by atoms with E-state index in [2.05, 4.69) is 0 Å². The molecule has 0 amide bonds. The summed E-state index contributed by atoms with van der Waals surface area (Å²) in [6.07, 6.45) is 0. The molecule has 0 spiro atoms. The predicted octanol–water partition coefficient (Wildman–Crippen LogP) is 2.31. The molecule has 3 N–H and O–H groups in total. The molecule has 0 radical (unpaired) electrons. The Balaban J connectivity index is 2.84. The van der Waals surface area contributed by atoms with Crippen LogP contribution in [0.3, 0.4) is 0 Å². The van der Waals surface area contributed by atoms with Crippen LogP contribution in [0.25, 0.3) is 10.8 Å². The first-order valence-electron chi connectivity index (χ1n) is 4.64. The van der Waals surface area contributed by atoms with Gasteiger partial charge in [-0.25, -0.2) is 0 Å². The van der Waals surface area contributed by atoms with Crippen LogP contribution in [0.5, 0.6) is 5.75 Å². The molecule has 0 fully saturated rings. The number of phenolic OH excluding ortho intramolecular Hbond substituents is 1. The SMILES string of the molecule is Cc1c(CN)ccc2c(O)cccc12. The van der Waals surface area contributed by atoms with Gasteiger partial charge >= 0.3 is 0 Å². The number of aromatic hydroxyl groups is 1. The van der Waals surface area contributed by atoms with E-state index in [0.717, 1.165) is 21.9 Å². The molecule has 2 nitrogen and oxygen atoms in total. The minimum atomic E-state index is 0.328. The first-order chi connectivity index (χ1) is 6.74. The molecule has 0 atom stereocenters. The summed E-state index contributed by atoms with van der Waals surface area (Å²) in [7, 11) is 0. The third-order valence-corrected chi connectivity index (χ3v) is 2.64. The standard InChI is InChI=1S/C12H13NO/c1-8-9(7-13)5-6-11-10(8)3-2-4-12(11)14/h2-6,14H,7,13H2,1H3. The van der Waals surface area contributed by atoms with Crippen molar-refractivity contribution >= 4 is 10.8 Å². The molecule has 0 heterocycles. The molecule has 14 heavy (non-hydrogen) atoms. The van der Waals surface area contributed by atoms with E-state index in [1.54, 1.807) is 6.07 Å². The number of hydrogen-bond acceptors (Lipinski definition) is 2. The fraction of sp³-hybridized carbons (Fsp3) is 0.167. The smallest absolute Gasteiger partial charge is 0.123 e. The maximum atomic E-state index is 9.63. The van der Waals surface area contributed by atoms with Crippen LogP contribution in [0.1, 0.15) is 11.1 Å². The molecular formula is C12H13NO. The number of aryl methyl sites for hydroxylation is 1. The van der Waals surface area contributed by atoms with Crippen LogP contribution in [-0.2, 0) is 6.54 Å². The summed E-state index contributed by atoms with van der Waals surface area (Å²) < 4.78 is 0.